The minimum absolute atomic E-state index is 0.0472. The van der Waals surface area contributed by atoms with Gasteiger partial charge in [-0.15, -0.1) is 0 Å². The Labute approximate surface area is 90.5 Å². The van der Waals surface area contributed by atoms with Crippen LogP contribution < -0.4 is 0 Å². The number of hydrogen-bond donors (Lipinski definition) is 1. The Morgan fingerprint density at radius 1 is 1.33 bits per heavy atom. The van der Waals surface area contributed by atoms with E-state index in [9.17, 15) is 13.6 Å². The molecule has 0 spiro atoms. The van der Waals surface area contributed by atoms with Crippen LogP contribution in [0.1, 0.15) is 18.4 Å². The van der Waals surface area contributed by atoms with E-state index in [-0.39, 0.29) is 23.4 Å². The predicted molar refractivity (Wildman–Crippen MR) is 51.9 cm³/mol. The molecule has 0 bridgehead atoms. The van der Waals surface area contributed by atoms with Crippen molar-refractivity contribution in [1.82, 2.24) is 0 Å². The van der Waals surface area contributed by atoms with Crippen LogP contribution in [-0.4, -0.2) is 11.1 Å². The van der Waals surface area contributed by atoms with Gasteiger partial charge in [-0.1, -0.05) is 11.6 Å². The van der Waals surface area contributed by atoms with E-state index >= 15 is 0 Å². The molecule has 0 heterocycles. The zero-order valence-electron chi connectivity index (χ0n) is 7.77. The lowest BCUT2D eigenvalue weighted by atomic mass is 10.1. The van der Waals surface area contributed by atoms with Gasteiger partial charge in [0, 0.05) is 12.5 Å². The van der Waals surface area contributed by atoms with Crippen LogP contribution in [0.4, 0.5) is 8.78 Å². The Kier molecular flexibility index (Phi) is 4.03. The highest BCUT2D eigenvalue weighted by Gasteiger charge is 2.08. The van der Waals surface area contributed by atoms with E-state index in [0.29, 0.717) is 12.5 Å². The number of carbonyl (C=O) groups is 1. The fourth-order valence-corrected chi connectivity index (χ4v) is 1.37. The Balaban J connectivity index is 2.69. The van der Waals surface area contributed by atoms with E-state index in [1.807, 2.05) is 0 Å². The molecule has 0 aliphatic rings. The highest BCUT2D eigenvalue weighted by Crippen LogP contribution is 2.20. The zero-order chi connectivity index (χ0) is 11.4. The van der Waals surface area contributed by atoms with Crippen LogP contribution in [0.2, 0.25) is 5.02 Å². The molecule has 0 radical (unpaired) electrons. The second-order valence-electron chi connectivity index (χ2n) is 3.11. The van der Waals surface area contributed by atoms with Crippen molar-refractivity contribution >= 4 is 17.6 Å². The Hall–Kier alpha value is -1.16. The smallest absolute Gasteiger partial charge is 0.303 e. The van der Waals surface area contributed by atoms with Gasteiger partial charge in [0.05, 0.1) is 5.02 Å². The molecule has 1 aromatic rings. The molecule has 1 rings (SSSR count). The second-order valence-corrected chi connectivity index (χ2v) is 3.51. The minimum atomic E-state index is -0.941. The lowest BCUT2D eigenvalue weighted by Gasteiger charge is -2.03. The van der Waals surface area contributed by atoms with Gasteiger partial charge in [0.15, 0.2) is 0 Å². The molecule has 1 N–H and O–H groups in total. The summed E-state index contributed by atoms with van der Waals surface area (Å²) in [5.74, 6) is -2.44. The summed E-state index contributed by atoms with van der Waals surface area (Å²) in [7, 11) is 0. The Bertz CT molecular complexity index is 380. The number of carboxylic acids is 1. The highest BCUT2D eigenvalue weighted by molar-refractivity contribution is 6.30. The van der Waals surface area contributed by atoms with Gasteiger partial charge in [0.2, 0.25) is 0 Å². The first-order chi connectivity index (χ1) is 7.00. The van der Waals surface area contributed by atoms with Gasteiger partial charge in [-0.3, -0.25) is 4.79 Å². The molecule has 5 heteroatoms. The van der Waals surface area contributed by atoms with Crippen LogP contribution in [0.5, 0.6) is 0 Å². The first-order valence-electron chi connectivity index (χ1n) is 4.36. The van der Waals surface area contributed by atoms with E-state index < -0.39 is 17.6 Å². The summed E-state index contributed by atoms with van der Waals surface area (Å²) in [5, 5.41) is 8.23. The summed E-state index contributed by atoms with van der Waals surface area (Å²) in [6.45, 7) is 0. The van der Waals surface area contributed by atoms with Gasteiger partial charge >= 0.3 is 5.97 Å². The SMILES string of the molecule is O=C(O)CCCc1cc(Cl)c(F)cc1F. The summed E-state index contributed by atoms with van der Waals surface area (Å²) >= 11 is 5.47. The standard InChI is InChI=1S/C10H9ClF2O2/c11-7-4-6(2-1-3-10(14)15)8(12)5-9(7)13/h4-5H,1-3H2,(H,14,15). The molecule has 0 aliphatic carbocycles. The maximum absolute atomic E-state index is 13.1. The second kappa shape index (κ2) is 5.07. The van der Waals surface area contributed by atoms with Crippen molar-refractivity contribution in [3.05, 3.63) is 34.4 Å². The molecule has 0 saturated heterocycles. The summed E-state index contributed by atoms with van der Waals surface area (Å²) in [4.78, 5) is 10.2. The fraction of sp³-hybridized carbons (Fsp3) is 0.300. The summed E-state index contributed by atoms with van der Waals surface area (Å²) < 4.78 is 25.9. The van der Waals surface area contributed by atoms with Crippen molar-refractivity contribution in [2.75, 3.05) is 0 Å². The molecule has 0 saturated carbocycles. The van der Waals surface area contributed by atoms with Gasteiger partial charge < -0.3 is 5.11 Å². The topological polar surface area (TPSA) is 37.3 Å². The van der Waals surface area contributed by atoms with Gasteiger partial charge in [0.25, 0.3) is 0 Å². The molecular weight excluding hydrogens is 226 g/mol. The maximum atomic E-state index is 13.1. The van der Waals surface area contributed by atoms with Crippen molar-refractivity contribution in [2.24, 2.45) is 0 Å². The largest absolute Gasteiger partial charge is 0.481 e. The first-order valence-corrected chi connectivity index (χ1v) is 4.73. The van der Waals surface area contributed by atoms with Crippen molar-refractivity contribution in [1.29, 1.82) is 0 Å². The molecule has 0 amide bonds. The maximum Gasteiger partial charge on any atom is 0.303 e. The molecule has 2 nitrogen and oxygen atoms in total. The number of carboxylic acid groups (broad SMARTS) is 1. The molecule has 0 atom stereocenters. The van der Waals surface area contributed by atoms with Crippen molar-refractivity contribution < 1.29 is 18.7 Å². The van der Waals surface area contributed by atoms with Crippen LogP contribution >= 0.6 is 11.6 Å². The van der Waals surface area contributed by atoms with Crippen molar-refractivity contribution in [3.63, 3.8) is 0 Å². The molecule has 0 aliphatic heterocycles. The molecule has 0 fully saturated rings. The molecular formula is C10H9ClF2O2. The number of halogens is 3. The zero-order valence-corrected chi connectivity index (χ0v) is 8.52. The van der Waals surface area contributed by atoms with Gasteiger partial charge in [-0.05, 0) is 24.5 Å². The van der Waals surface area contributed by atoms with Crippen molar-refractivity contribution in [2.45, 2.75) is 19.3 Å². The van der Waals surface area contributed by atoms with Crippen LogP contribution in [0.15, 0.2) is 12.1 Å². The third-order valence-corrected chi connectivity index (χ3v) is 2.22. The van der Waals surface area contributed by atoms with E-state index in [0.717, 1.165) is 0 Å². The van der Waals surface area contributed by atoms with E-state index in [2.05, 4.69) is 0 Å². The van der Waals surface area contributed by atoms with E-state index in [4.69, 9.17) is 16.7 Å². The van der Waals surface area contributed by atoms with Gasteiger partial charge in [-0.2, -0.15) is 0 Å². The molecule has 15 heavy (non-hydrogen) atoms. The van der Waals surface area contributed by atoms with Crippen LogP contribution in [0.25, 0.3) is 0 Å². The Morgan fingerprint density at radius 3 is 2.60 bits per heavy atom. The van der Waals surface area contributed by atoms with Gasteiger partial charge in [-0.25, -0.2) is 8.78 Å². The first kappa shape index (κ1) is 11.9. The third kappa shape index (κ3) is 3.47. The number of aliphatic carboxylic acids is 1. The molecule has 0 unspecified atom stereocenters. The summed E-state index contributed by atoms with van der Waals surface area (Å²) in [6, 6.07) is 1.90. The quantitative estimate of drug-likeness (QED) is 0.813. The van der Waals surface area contributed by atoms with Crippen LogP contribution in [0, 0.1) is 11.6 Å². The number of aryl methyl sites for hydroxylation is 1. The third-order valence-electron chi connectivity index (χ3n) is 1.93. The average Bonchev–Trinajstić information content (AvgIpc) is 2.13. The van der Waals surface area contributed by atoms with E-state index in [1.165, 1.54) is 6.07 Å². The lowest BCUT2D eigenvalue weighted by molar-refractivity contribution is -0.137. The lowest BCUT2D eigenvalue weighted by Crippen LogP contribution is -1.98. The number of benzene rings is 1. The fourth-order valence-electron chi connectivity index (χ4n) is 1.19. The number of rotatable bonds is 4. The highest BCUT2D eigenvalue weighted by atomic mass is 35.5. The Morgan fingerprint density at radius 2 is 2.00 bits per heavy atom. The van der Waals surface area contributed by atoms with Crippen molar-refractivity contribution in [3.8, 4) is 0 Å². The minimum Gasteiger partial charge on any atom is -0.481 e. The number of hydrogen-bond acceptors (Lipinski definition) is 1. The van der Waals surface area contributed by atoms with Gasteiger partial charge in [0.1, 0.15) is 11.6 Å². The normalized spacial score (nSPS) is 10.3. The average molecular weight is 235 g/mol. The molecule has 1 aromatic carbocycles. The summed E-state index contributed by atoms with van der Waals surface area (Å²) in [6.07, 6.45) is 0.487. The molecule has 82 valence electrons. The predicted octanol–water partition coefficient (Wildman–Crippen LogP) is 3.03. The van der Waals surface area contributed by atoms with E-state index in [1.54, 1.807) is 0 Å². The van der Waals surface area contributed by atoms with Crippen LogP contribution in [-0.2, 0) is 11.2 Å². The molecule has 0 aromatic heterocycles. The van der Waals surface area contributed by atoms with Crippen LogP contribution in [0.3, 0.4) is 0 Å². The monoisotopic (exact) mass is 234 g/mol. The summed E-state index contributed by atoms with van der Waals surface area (Å²) in [5.41, 5.74) is 0.239.